The van der Waals surface area contributed by atoms with Crippen molar-refractivity contribution in [3.05, 3.63) is 71.0 Å². The molecule has 5 nitrogen and oxygen atoms in total. The van der Waals surface area contributed by atoms with Crippen LogP contribution in [0.5, 0.6) is 0 Å². The summed E-state index contributed by atoms with van der Waals surface area (Å²) < 4.78 is 19.1. The first-order valence-corrected chi connectivity index (χ1v) is 9.91. The minimum absolute atomic E-state index is 0.0185. The van der Waals surface area contributed by atoms with Crippen LogP contribution in [0.2, 0.25) is 0 Å². The maximum Gasteiger partial charge on any atom is 0.227 e. The average Bonchev–Trinajstić information content (AvgIpc) is 3.30. The lowest BCUT2D eigenvalue weighted by Crippen LogP contribution is -2.30. The summed E-state index contributed by atoms with van der Waals surface area (Å²) in [7, 11) is 0. The van der Waals surface area contributed by atoms with E-state index in [2.05, 4.69) is 5.16 Å². The summed E-state index contributed by atoms with van der Waals surface area (Å²) in [5, 5.41) is 4.01. The van der Waals surface area contributed by atoms with Gasteiger partial charge >= 0.3 is 0 Å². The van der Waals surface area contributed by atoms with E-state index in [1.807, 2.05) is 36.9 Å². The second-order valence-corrected chi connectivity index (χ2v) is 7.68. The maximum absolute atomic E-state index is 13.8. The minimum Gasteiger partial charge on any atom is -0.361 e. The Balaban J connectivity index is 1.40. The summed E-state index contributed by atoms with van der Waals surface area (Å²) in [5.74, 6) is 0.775. The van der Waals surface area contributed by atoms with E-state index in [4.69, 9.17) is 9.51 Å². The molecule has 0 spiro atoms. The fraction of sp³-hybridized carbons (Fsp3) is 0.348. The molecule has 0 aliphatic carbocycles. The Kier molecular flexibility index (Phi) is 5.43. The highest BCUT2D eigenvalue weighted by Crippen LogP contribution is 2.27. The third-order valence-corrected chi connectivity index (χ3v) is 5.53. The summed E-state index contributed by atoms with van der Waals surface area (Å²) >= 11 is 0. The number of amides is 1. The average molecular weight is 393 g/mol. The van der Waals surface area contributed by atoms with Crippen LogP contribution in [0.25, 0.3) is 11.3 Å². The monoisotopic (exact) mass is 393 g/mol. The van der Waals surface area contributed by atoms with E-state index in [9.17, 15) is 9.18 Å². The van der Waals surface area contributed by atoms with Gasteiger partial charge in [0.2, 0.25) is 5.91 Å². The number of carbonyl (C=O) groups excluding carboxylic acids is 1. The number of likely N-dealkylation sites (tertiary alicyclic amines) is 1. The van der Waals surface area contributed by atoms with Gasteiger partial charge in [-0.05, 0) is 56.4 Å². The molecule has 1 amide bonds. The van der Waals surface area contributed by atoms with Gasteiger partial charge in [-0.1, -0.05) is 29.4 Å². The van der Waals surface area contributed by atoms with Crippen molar-refractivity contribution in [2.24, 2.45) is 5.92 Å². The quantitative estimate of drug-likeness (QED) is 0.654. The molecular weight excluding hydrogens is 369 g/mol. The molecule has 29 heavy (non-hydrogen) atoms. The van der Waals surface area contributed by atoms with Crippen LogP contribution in [0.15, 0.2) is 47.0 Å². The fourth-order valence-corrected chi connectivity index (χ4v) is 4.02. The van der Waals surface area contributed by atoms with Crippen LogP contribution in [0, 0.1) is 25.6 Å². The number of benzene rings is 1. The molecule has 1 saturated heterocycles. The van der Waals surface area contributed by atoms with Gasteiger partial charge in [0.05, 0.1) is 23.4 Å². The zero-order chi connectivity index (χ0) is 20.4. The van der Waals surface area contributed by atoms with Crippen LogP contribution in [0.3, 0.4) is 0 Å². The molecule has 1 unspecified atom stereocenters. The zero-order valence-corrected chi connectivity index (χ0v) is 16.7. The van der Waals surface area contributed by atoms with E-state index in [0.717, 1.165) is 41.2 Å². The minimum atomic E-state index is -0.322. The second-order valence-electron chi connectivity index (χ2n) is 7.68. The van der Waals surface area contributed by atoms with Crippen molar-refractivity contribution >= 4 is 5.91 Å². The summed E-state index contributed by atoms with van der Waals surface area (Å²) in [6, 6.07) is 12.5. The van der Waals surface area contributed by atoms with Gasteiger partial charge in [-0.25, -0.2) is 4.39 Å². The number of hydrogen-bond acceptors (Lipinski definition) is 4. The van der Waals surface area contributed by atoms with Gasteiger partial charge in [-0.3, -0.25) is 9.78 Å². The number of carbonyl (C=O) groups is 1. The van der Waals surface area contributed by atoms with E-state index in [1.165, 1.54) is 6.07 Å². The second kappa shape index (κ2) is 8.15. The van der Waals surface area contributed by atoms with E-state index in [1.54, 1.807) is 18.2 Å². The van der Waals surface area contributed by atoms with Crippen molar-refractivity contribution in [2.45, 2.75) is 33.1 Å². The topological polar surface area (TPSA) is 59.2 Å². The normalized spacial score (nSPS) is 16.4. The first kappa shape index (κ1) is 19.3. The smallest absolute Gasteiger partial charge is 0.227 e. The molecule has 2 aromatic heterocycles. The Bertz CT molecular complexity index is 1010. The van der Waals surface area contributed by atoms with E-state index in [0.29, 0.717) is 24.6 Å². The number of halogens is 1. The van der Waals surface area contributed by atoms with Crippen LogP contribution < -0.4 is 0 Å². The Morgan fingerprint density at radius 3 is 2.79 bits per heavy atom. The van der Waals surface area contributed by atoms with E-state index < -0.39 is 0 Å². The van der Waals surface area contributed by atoms with Gasteiger partial charge < -0.3 is 9.42 Å². The lowest BCUT2D eigenvalue weighted by atomic mass is 10.0. The number of pyridine rings is 1. The number of aryl methyl sites for hydroxylation is 2. The van der Waals surface area contributed by atoms with Crippen molar-refractivity contribution < 1.29 is 13.7 Å². The molecule has 0 saturated carbocycles. The number of nitrogens with zero attached hydrogens (tertiary/aromatic N) is 3. The van der Waals surface area contributed by atoms with Crippen molar-refractivity contribution in [3.8, 4) is 11.3 Å². The highest BCUT2D eigenvalue weighted by molar-refractivity contribution is 5.79. The van der Waals surface area contributed by atoms with Crippen LogP contribution in [0.4, 0.5) is 4.39 Å². The van der Waals surface area contributed by atoms with Gasteiger partial charge in [-0.15, -0.1) is 0 Å². The molecule has 1 fully saturated rings. The molecule has 0 bridgehead atoms. The lowest BCUT2D eigenvalue weighted by Gasteiger charge is -2.17. The zero-order valence-electron chi connectivity index (χ0n) is 16.7. The van der Waals surface area contributed by atoms with Crippen molar-refractivity contribution in [3.63, 3.8) is 0 Å². The van der Waals surface area contributed by atoms with Crippen LogP contribution >= 0.6 is 0 Å². The molecule has 1 atom stereocenters. The van der Waals surface area contributed by atoms with Gasteiger partial charge in [0.1, 0.15) is 11.6 Å². The third kappa shape index (κ3) is 4.21. The molecule has 1 aliphatic rings. The molecule has 0 N–H and O–H groups in total. The summed E-state index contributed by atoms with van der Waals surface area (Å²) in [4.78, 5) is 19.2. The summed E-state index contributed by atoms with van der Waals surface area (Å²) in [6.45, 7) is 5.20. The first-order chi connectivity index (χ1) is 14.0. The van der Waals surface area contributed by atoms with Crippen LogP contribution in [-0.4, -0.2) is 34.0 Å². The number of hydrogen-bond donors (Lipinski definition) is 0. The first-order valence-electron chi connectivity index (χ1n) is 9.91. The van der Waals surface area contributed by atoms with Crippen molar-refractivity contribution in [1.29, 1.82) is 0 Å². The molecule has 3 aromatic rings. The van der Waals surface area contributed by atoms with Crippen LogP contribution in [-0.2, 0) is 17.6 Å². The molecule has 3 heterocycles. The van der Waals surface area contributed by atoms with Gasteiger partial charge in [0, 0.05) is 18.8 Å². The SMILES string of the molecule is Cc1noc(C)c1-c1cccc(CC2CCN(C(=O)Cc3ccccc3F)C2)n1. The Hall–Kier alpha value is -3.02. The highest BCUT2D eigenvalue weighted by Gasteiger charge is 2.27. The molecular formula is C23H24FN3O2. The number of rotatable bonds is 5. The van der Waals surface area contributed by atoms with Crippen molar-refractivity contribution in [2.75, 3.05) is 13.1 Å². The molecule has 6 heteroatoms. The lowest BCUT2D eigenvalue weighted by molar-refractivity contribution is -0.129. The Morgan fingerprint density at radius 2 is 2.03 bits per heavy atom. The van der Waals surface area contributed by atoms with E-state index >= 15 is 0 Å². The standard InChI is InChI=1S/C23H24FN3O2/c1-15-23(16(2)29-26-15)21-9-5-7-19(25-21)12-17-10-11-27(14-17)22(28)13-18-6-3-4-8-20(18)24/h3-9,17H,10-14H2,1-2H3. The van der Waals surface area contributed by atoms with E-state index in [-0.39, 0.29) is 18.1 Å². The molecule has 1 aromatic carbocycles. The van der Waals surface area contributed by atoms with Gasteiger partial charge in [0.15, 0.2) is 0 Å². The molecule has 0 radical (unpaired) electrons. The highest BCUT2D eigenvalue weighted by atomic mass is 19.1. The Morgan fingerprint density at radius 1 is 1.21 bits per heavy atom. The largest absolute Gasteiger partial charge is 0.361 e. The van der Waals surface area contributed by atoms with Gasteiger partial charge in [-0.2, -0.15) is 0 Å². The maximum atomic E-state index is 13.8. The third-order valence-electron chi connectivity index (χ3n) is 5.53. The number of aromatic nitrogens is 2. The van der Waals surface area contributed by atoms with Crippen LogP contribution in [0.1, 0.15) is 29.1 Å². The van der Waals surface area contributed by atoms with Gasteiger partial charge in [0.25, 0.3) is 0 Å². The molecule has 4 rings (SSSR count). The fourth-order valence-electron chi connectivity index (χ4n) is 4.02. The Labute approximate surface area is 169 Å². The predicted molar refractivity (Wildman–Crippen MR) is 108 cm³/mol. The summed E-state index contributed by atoms with van der Waals surface area (Å²) in [5.41, 5.74) is 4.09. The predicted octanol–water partition coefficient (Wildman–Crippen LogP) is 4.13. The molecule has 1 aliphatic heterocycles. The van der Waals surface area contributed by atoms with Crippen molar-refractivity contribution in [1.82, 2.24) is 15.0 Å². The summed E-state index contributed by atoms with van der Waals surface area (Å²) in [6.07, 6.45) is 1.85. The molecule has 150 valence electrons.